The minimum atomic E-state index is -0.398. The minimum Gasteiger partial charge on any atom is -0.469 e. The summed E-state index contributed by atoms with van der Waals surface area (Å²) in [5.41, 5.74) is 0. The number of methoxy groups -OCH3 is 1. The molecule has 0 aliphatic heterocycles. The van der Waals surface area contributed by atoms with Crippen LogP contribution in [0.15, 0.2) is 22.8 Å². The van der Waals surface area contributed by atoms with Crippen molar-refractivity contribution < 1.29 is 14.3 Å². The van der Waals surface area contributed by atoms with Crippen LogP contribution in [-0.2, 0) is 14.3 Å². The SMILES string of the molecule is COC(=O)[C@@H](CC(=O)CNc1cc(Br)ccn1)C(C)C. The zero-order chi connectivity index (χ0) is 15.1. The number of hydrogen-bond donors (Lipinski definition) is 1. The van der Waals surface area contributed by atoms with Gasteiger partial charge in [-0.3, -0.25) is 9.59 Å². The quantitative estimate of drug-likeness (QED) is 0.771. The van der Waals surface area contributed by atoms with Gasteiger partial charge in [0.2, 0.25) is 0 Å². The molecule has 0 bridgehead atoms. The lowest BCUT2D eigenvalue weighted by Gasteiger charge is -2.17. The Morgan fingerprint density at radius 1 is 1.45 bits per heavy atom. The molecule has 5 nitrogen and oxygen atoms in total. The summed E-state index contributed by atoms with van der Waals surface area (Å²) in [5, 5.41) is 2.94. The third-order valence-corrected chi connectivity index (χ3v) is 3.44. The van der Waals surface area contributed by atoms with Crippen molar-refractivity contribution in [3.63, 3.8) is 0 Å². The van der Waals surface area contributed by atoms with E-state index in [1.54, 1.807) is 18.3 Å². The van der Waals surface area contributed by atoms with Gasteiger partial charge < -0.3 is 10.1 Å². The molecule has 1 aromatic heterocycles. The van der Waals surface area contributed by atoms with Crippen LogP contribution in [-0.4, -0.2) is 30.4 Å². The van der Waals surface area contributed by atoms with E-state index in [9.17, 15) is 9.59 Å². The highest BCUT2D eigenvalue weighted by Crippen LogP contribution is 2.18. The lowest BCUT2D eigenvalue weighted by molar-refractivity contribution is -0.148. The highest BCUT2D eigenvalue weighted by atomic mass is 79.9. The van der Waals surface area contributed by atoms with Gasteiger partial charge in [-0.25, -0.2) is 4.98 Å². The van der Waals surface area contributed by atoms with E-state index < -0.39 is 5.92 Å². The van der Waals surface area contributed by atoms with Gasteiger partial charge in [0.05, 0.1) is 19.6 Å². The number of rotatable bonds is 7. The number of Topliss-reactive ketones (excluding diaryl/α,β-unsaturated/α-hetero) is 1. The molecule has 0 aromatic carbocycles. The predicted octanol–water partition coefficient (Wildman–Crippen LogP) is 2.66. The molecule has 0 aliphatic carbocycles. The van der Waals surface area contributed by atoms with Gasteiger partial charge >= 0.3 is 5.97 Å². The summed E-state index contributed by atoms with van der Waals surface area (Å²) in [6.45, 7) is 3.94. The molecular weight excluding hydrogens is 324 g/mol. The Balaban J connectivity index is 2.52. The fourth-order valence-corrected chi connectivity index (χ4v) is 2.09. The van der Waals surface area contributed by atoms with Crippen LogP contribution >= 0.6 is 15.9 Å². The van der Waals surface area contributed by atoms with Gasteiger partial charge in [0.1, 0.15) is 5.82 Å². The van der Waals surface area contributed by atoms with Crippen molar-refractivity contribution in [2.24, 2.45) is 11.8 Å². The molecule has 1 atom stereocenters. The van der Waals surface area contributed by atoms with Gasteiger partial charge in [0.25, 0.3) is 0 Å². The second kappa shape index (κ2) is 7.99. The van der Waals surface area contributed by atoms with Gasteiger partial charge in [-0.1, -0.05) is 29.8 Å². The van der Waals surface area contributed by atoms with Crippen LogP contribution in [0.5, 0.6) is 0 Å². The fraction of sp³-hybridized carbons (Fsp3) is 0.500. The van der Waals surface area contributed by atoms with Crippen molar-refractivity contribution in [1.29, 1.82) is 0 Å². The second-order valence-electron chi connectivity index (χ2n) is 4.83. The molecule has 0 amide bonds. The topological polar surface area (TPSA) is 68.3 Å². The molecule has 0 aliphatic rings. The zero-order valence-corrected chi connectivity index (χ0v) is 13.4. The summed E-state index contributed by atoms with van der Waals surface area (Å²) in [5.74, 6) is -0.100. The van der Waals surface area contributed by atoms with Crippen LogP contribution in [0.1, 0.15) is 20.3 Å². The third kappa shape index (κ3) is 5.28. The first kappa shape index (κ1) is 16.6. The maximum atomic E-state index is 11.9. The molecule has 0 saturated heterocycles. The molecule has 0 saturated carbocycles. The summed E-state index contributed by atoms with van der Waals surface area (Å²) in [6.07, 6.45) is 1.81. The lowest BCUT2D eigenvalue weighted by Crippen LogP contribution is -2.27. The Morgan fingerprint density at radius 2 is 2.15 bits per heavy atom. The summed E-state index contributed by atoms with van der Waals surface area (Å²) in [6, 6.07) is 3.59. The predicted molar refractivity (Wildman–Crippen MR) is 80.4 cm³/mol. The van der Waals surface area contributed by atoms with E-state index in [2.05, 4.69) is 26.2 Å². The Hall–Kier alpha value is -1.43. The van der Waals surface area contributed by atoms with E-state index in [0.29, 0.717) is 5.82 Å². The van der Waals surface area contributed by atoms with Crippen LogP contribution in [0, 0.1) is 11.8 Å². The highest BCUT2D eigenvalue weighted by Gasteiger charge is 2.25. The molecule has 6 heteroatoms. The van der Waals surface area contributed by atoms with Crippen molar-refractivity contribution in [3.8, 4) is 0 Å². The van der Waals surface area contributed by atoms with E-state index in [0.717, 1.165) is 4.47 Å². The van der Waals surface area contributed by atoms with Crippen molar-refractivity contribution in [2.75, 3.05) is 19.0 Å². The number of pyridine rings is 1. The van der Waals surface area contributed by atoms with E-state index in [1.807, 2.05) is 13.8 Å². The van der Waals surface area contributed by atoms with Crippen LogP contribution in [0.25, 0.3) is 0 Å². The standard InChI is InChI=1S/C14H19BrN2O3/c1-9(2)12(14(19)20-3)7-11(18)8-17-13-6-10(15)4-5-16-13/h4-6,9,12H,7-8H2,1-3H3,(H,16,17)/t12-/m0/s1. The summed E-state index contributed by atoms with van der Waals surface area (Å²) in [4.78, 5) is 27.6. The summed E-state index contributed by atoms with van der Waals surface area (Å²) >= 11 is 3.33. The van der Waals surface area contributed by atoms with Crippen LogP contribution in [0.4, 0.5) is 5.82 Å². The van der Waals surface area contributed by atoms with Crippen LogP contribution < -0.4 is 5.32 Å². The van der Waals surface area contributed by atoms with Gasteiger partial charge in [-0.2, -0.15) is 0 Å². The van der Waals surface area contributed by atoms with Gasteiger partial charge in [-0.05, 0) is 18.1 Å². The van der Waals surface area contributed by atoms with Crippen LogP contribution in [0.2, 0.25) is 0 Å². The fourth-order valence-electron chi connectivity index (χ4n) is 1.75. The minimum absolute atomic E-state index is 0.0455. The number of anilines is 1. The highest BCUT2D eigenvalue weighted by molar-refractivity contribution is 9.10. The number of halogens is 1. The number of ketones is 1. The molecule has 0 unspecified atom stereocenters. The van der Waals surface area contributed by atoms with Crippen molar-refractivity contribution in [2.45, 2.75) is 20.3 Å². The number of ether oxygens (including phenoxy) is 1. The van der Waals surface area contributed by atoms with Crippen molar-refractivity contribution >= 4 is 33.5 Å². The second-order valence-corrected chi connectivity index (χ2v) is 5.74. The molecule has 20 heavy (non-hydrogen) atoms. The number of nitrogens with one attached hydrogen (secondary N) is 1. The van der Waals surface area contributed by atoms with E-state index >= 15 is 0 Å². The van der Waals surface area contributed by atoms with Gasteiger partial charge in [0.15, 0.2) is 5.78 Å². The number of aromatic nitrogens is 1. The van der Waals surface area contributed by atoms with E-state index in [-0.39, 0.29) is 30.6 Å². The molecule has 1 heterocycles. The molecule has 1 rings (SSSR count). The molecule has 1 N–H and O–H groups in total. The first-order chi connectivity index (χ1) is 9.43. The normalized spacial score (nSPS) is 12.1. The third-order valence-electron chi connectivity index (χ3n) is 2.94. The summed E-state index contributed by atoms with van der Waals surface area (Å²) in [7, 11) is 1.34. The first-order valence-electron chi connectivity index (χ1n) is 6.39. The average molecular weight is 343 g/mol. The number of carbonyl (C=O) groups excluding carboxylic acids is 2. The maximum absolute atomic E-state index is 11.9. The van der Waals surface area contributed by atoms with Crippen molar-refractivity contribution in [1.82, 2.24) is 4.98 Å². The zero-order valence-electron chi connectivity index (χ0n) is 11.9. The number of nitrogens with zero attached hydrogens (tertiary/aromatic N) is 1. The number of carbonyl (C=O) groups is 2. The molecule has 0 spiro atoms. The Morgan fingerprint density at radius 3 is 2.70 bits per heavy atom. The Labute approximate surface area is 127 Å². The monoisotopic (exact) mass is 342 g/mol. The number of hydrogen-bond acceptors (Lipinski definition) is 5. The smallest absolute Gasteiger partial charge is 0.309 e. The van der Waals surface area contributed by atoms with Crippen molar-refractivity contribution in [3.05, 3.63) is 22.8 Å². The Kier molecular flexibility index (Phi) is 6.64. The lowest BCUT2D eigenvalue weighted by atomic mass is 9.91. The van der Waals surface area contributed by atoms with Gasteiger partial charge in [0, 0.05) is 17.1 Å². The summed E-state index contributed by atoms with van der Waals surface area (Å²) < 4.78 is 5.61. The number of esters is 1. The van der Waals surface area contributed by atoms with E-state index in [1.165, 1.54) is 7.11 Å². The average Bonchev–Trinajstić information content (AvgIpc) is 2.41. The molecule has 110 valence electrons. The first-order valence-corrected chi connectivity index (χ1v) is 7.18. The van der Waals surface area contributed by atoms with E-state index in [4.69, 9.17) is 4.74 Å². The van der Waals surface area contributed by atoms with Gasteiger partial charge in [-0.15, -0.1) is 0 Å². The molecule has 1 aromatic rings. The Bertz CT molecular complexity index is 477. The molecule has 0 fully saturated rings. The van der Waals surface area contributed by atoms with Crippen LogP contribution in [0.3, 0.4) is 0 Å². The molecule has 0 radical (unpaired) electrons. The molecular formula is C14H19BrN2O3. The maximum Gasteiger partial charge on any atom is 0.309 e. The largest absolute Gasteiger partial charge is 0.469 e.